The van der Waals surface area contributed by atoms with E-state index in [-0.39, 0.29) is 30.4 Å². The summed E-state index contributed by atoms with van der Waals surface area (Å²) in [5.41, 5.74) is 0.324. The second-order valence-corrected chi connectivity index (χ2v) is 5.01. The van der Waals surface area contributed by atoms with Crippen molar-refractivity contribution in [2.24, 2.45) is 0 Å². The number of amides is 2. The summed E-state index contributed by atoms with van der Waals surface area (Å²) in [4.78, 5) is 35.9. The molecule has 0 radical (unpaired) electrons. The summed E-state index contributed by atoms with van der Waals surface area (Å²) >= 11 is 11.7. The zero-order valence-electron chi connectivity index (χ0n) is 9.78. The second kappa shape index (κ2) is 5.69. The van der Waals surface area contributed by atoms with Gasteiger partial charge < -0.3 is 0 Å². The van der Waals surface area contributed by atoms with Crippen molar-refractivity contribution in [3.8, 4) is 0 Å². The normalized spacial score (nSPS) is 16.3. The lowest BCUT2D eigenvalue weighted by Crippen LogP contribution is -2.52. The van der Waals surface area contributed by atoms with Crippen molar-refractivity contribution in [2.75, 3.05) is 19.6 Å². The fourth-order valence-electron chi connectivity index (χ4n) is 1.81. The highest BCUT2D eigenvalue weighted by atomic mass is 35.5. The Kier molecular flexibility index (Phi) is 4.19. The molecule has 1 aliphatic rings. The van der Waals surface area contributed by atoms with E-state index in [1.807, 2.05) is 0 Å². The molecule has 0 spiro atoms. The van der Waals surface area contributed by atoms with Gasteiger partial charge in [0.15, 0.2) is 5.78 Å². The van der Waals surface area contributed by atoms with Crippen LogP contribution in [0.15, 0.2) is 18.2 Å². The first-order chi connectivity index (χ1) is 8.95. The number of Topliss-reactive ketones (excluding diaryl/α,β-unsaturated/α-hetero) is 1. The molecule has 5 nitrogen and oxygen atoms in total. The summed E-state index contributed by atoms with van der Waals surface area (Å²) in [6.07, 6.45) is 0. The van der Waals surface area contributed by atoms with Gasteiger partial charge in [-0.3, -0.25) is 24.6 Å². The van der Waals surface area contributed by atoms with Gasteiger partial charge in [0.2, 0.25) is 11.8 Å². The second-order valence-electron chi connectivity index (χ2n) is 4.16. The van der Waals surface area contributed by atoms with Gasteiger partial charge in [-0.05, 0) is 18.2 Å². The van der Waals surface area contributed by atoms with Gasteiger partial charge in [0.1, 0.15) is 0 Å². The predicted octanol–water partition coefficient (Wildman–Crippen LogP) is 1.13. The van der Waals surface area contributed by atoms with E-state index in [1.54, 1.807) is 6.07 Å². The number of rotatable bonds is 3. The van der Waals surface area contributed by atoms with Crippen LogP contribution in [-0.2, 0) is 9.59 Å². The molecule has 2 rings (SSSR count). The van der Waals surface area contributed by atoms with Crippen LogP contribution in [0, 0.1) is 0 Å². The van der Waals surface area contributed by atoms with Crippen LogP contribution in [0.1, 0.15) is 10.4 Å². The van der Waals surface area contributed by atoms with Crippen LogP contribution < -0.4 is 5.32 Å². The van der Waals surface area contributed by atoms with Gasteiger partial charge in [-0.25, -0.2) is 0 Å². The van der Waals surface area contributed by atoms with E-state index in [0.29, 0.717) is 10.6 Å². The molecule has 7 heteroatoms. The molecular weight excluding hydrogens is 291 g/mol. The van der Waals surface area contributed by atoms with Crippen LogP contribution in [0.3, 0.4) is 0 Å². The lowest BCUT2D eigenvalue weighted by atomic mass is 10.1. The first-order valence-corrected chi connectivity index (χ1v) is 6.24. The molecule has 0 bridgehead atoms. The summed E-state index contributed by atoms with van der Waals surface area (Å²) in [6, 6.07) is 4.57. The third-order valence-electron chi connectivity index (χ3n) is 2.61. The monoisotopic (exact) mass is 300 g/mol. The molecule has 100 valence electrons. The van der Waals surface area contributed by atoms with Crippen molar-refractivity contribution < 1.29 is 14.4 Å². The number of carbonyl (C=O) groups is 3. The van der Waals surface area contributed by atoms with E-state index >= 15 is 0 Å². The molecule has 1 N–H and O–H groups in total. The standard InChI is InChI=1S/C12H10Cl2N2O3/c13-7-1-2-8(9(14)3-7)10(17)4-16-5-11(18)15-12(19)6-16/h1-3H,4-6H2,(H,15,18,19). The van der Waals surface area contributed by atoms with Gasteiger partial charge in [0, 0.05) is 10.6 Å². The van der Waals surface area contributed by atoms with Gasteiger partial charge in [0.25, 0.3) is 0 Å². The SMILES string of the molecule is O=C1CN(CC(=O)c2ccc(Cl)cc2Cl)CC(=O)N1. The maximum absolute atomic E-state index is 12.0. The summed E-state index contributed by atoms with van der Waals surface area (Å²) in [5.74, 6) is -1.08. The smallest absolute Gasteiger partial charge is 0.240 e. The molecular formula is C12H10Cl2N2O3. The number of imide groups is 1. The minimum absolute atomic E-state index is 0.0166. The molecule has 19 heavy (non-hydrogen) atoms. The van der Waals surface area contributed by atoms with Crippen LogP contribution in [0.2, 0.25) is 10.0 Å². The molecule has 0 aliphatic carbocycles. The van der Waals surface area contributed by atoms with E-state index in [1.165, 1.54) is 17.0 Å². The van der Waals surface area contributed by atoms with Crippen LogP contribution in [0.25, 0.3) is 0 Å². The third kappa shape index (κ3) is 3.53. The molecule has 0 atom stereocenters. The molecule has 0 unspecified atom stereocenters. The van der Waals surface area contributed by atoms with Gasteiger partial charge in [-0.2, -0.15) is 0 Å². The lowest BCUT2D eigenvalue weighted by molar-refractivity contribution is -0.135. The first kappa shape index (κ1) is 14.0. The van der Waals surface area contributed by atoms with Gasteiger partial charge in [-0.15, -0.1) is 0 Å². The number of benzene rings is 1. The van der Waals surface area contributed by atoms with Gasteiger partial charge in [0.05, 0.1) is 24.7 Å². The highest BCUT2D eigenvalue weighted by Gasteiger charge is 2.24. The Labute approximate surface area is 119 Å². The lowest BCUT2D eigenvalue weighted by Gasteiger charge is -2.24. The highest BCUT2D eigenvalue weighted by molar-refractivity contribution is 6.36. The van der Waals surface area contributed by atoms with Crippen molar-refractivity contribution in [3.05, 3.63) is 33.8 Å². The molecule has 2 amide bonds. The van der Waals surface area contributed by atoms with Gasteiger partial charge >= 0.3 is 0 Å². The number of halogens is 2. The summed E-state index contributed by atoms with van der Waals surface area (Å²) in [7, 11) is 0. The minimum Gasteiger partial charge on any atom is -0.294 e. The van der Waals surface area contributed by atoms with Crippen LogP contribution >= 0.6 is 23.2 Å². The maximum atomic E-state index is 12.0. The Balaban J connectivity index is 2.08. The van der Waals surface area contributed by atoms with E-state index in [4.69, 9.17) is 23.2 Å². The quantitative estimate of drug-likeness (QED) is 0.671. The van der Waals surface area contributed by atoms with E-state index in [2.05, 4.69) is 5.32 Å². The maximum Gasteiger partial charge on any atom is 0.240 e. The molecule has 1 saturated heterocycles. The summed E-state index contributed by atoms with van der Waals surface area (Å²) in [5, 5.41) is 2.86. The first-order valence-electron chi connectivity index (χ1n) is 5.49. The number of nitrogens with zero attached hydrogens (tertiary/aromatic N) is 1. The molecule has 1 aliphatic heterocycles. The Morgan fingerprint density at radius 3 is 2.42 bits per heavy atom. The fraction of sp³-hybridized carbons (Fsp3) is 0.250. The molecule has 1 aromatic carbocycles. The van der Waals surface area contributed by atoms with Crippen LogP contribution in [0.5, 0.6) is 0 Å². The van der Waals surface area contributed by atoms with E-state index < -0.39 is 11.8 Å². The largest absolute Gasteiger partial charge is 0.294 e. The summed E-state index contributed by atoms with van der Waals surface area (Å²) in [6.45, 7) is -0.00805. The van der Waals surface area contributed by atoms with Crippen LogP contribution in [0.4, 0.5) is 0 Å². The molecule has 0 saturated carbocycles. The topological polar surface area (TPSA) is 66.5 Å². The molecule has 1 heterocycles. The van der Waals surface area contributed by atoms with Crippen molar-refractivity contribution in [2.45, 2.75) is 0 Å². The summed E-state index contributed by atoms with van der Waals surface area (Å²) < 4.78 is 0. The third-order valence-corrected chi connectivity index (χ3v) is 3.16. The van der Waals surface area contributed by atoms with Gasteiger partial charge in [-0.1, -0.05) is 23.2 Å². The Hall–Kier alpha value is -1.43. The fourth-order valence-corrected chi connectivity index (χ4v) is 2.33. The Bertz CT molecular complexity index is 544. The number of piperazine rings is 1. The Morgan fingerprint density at radius 2 is 1.84 bits per heavy atom. The van der Waals surface area contributed by atoms with Crippen molar-refractivity contribution in [3.63, 3.8) is 0 Å². The highest BCUT2D eigenvalue weighted by Crippen LogP contribution is 2.21. The average Bonchev–Trinajstić information content (AvgIpc) is 2.26. The average molecular weight is 301 g/mol. The predicted molar refractivity (Wildman–Crippen MR) is 70.4 cm³/mol. The minimum atomic E-state index is -0.411. The van der Waals surface area contributed by atoms with Crippen LogP contribution in [-0.4, -0.2) is 42.1 Å². The van der Waals surface area contributed by atoms with E-state index in [0.717, 1.165) is 0 Å². The number of nitrogens with one attached hydrogen (secondary N) is 1. The number of hydrogen-bond donors (Lipinski definition) is 1. The van der Waals surface area contributed by atoms with Crippen molar-refractivity contribution >= 4 is 40.8 Å². The molecule has 1 fully saturated rings. The number of ketones is 1. The number of hydrogen-bond acceptors (Lipinski definition) is 4. The number of carbonyl (C=O) groups excluding carboxylic acids is 3. The Morgan fingerprint density at radius 1 is 1.21 bits per heavy atom. The zero-order valence-corrected chi connectivity index (χ0v) is 11.3. The zero-order chi connectivity index (χ0) is 14.0. The molecule has 1 aromatic rings. The van der Waals surface area contributed by atoms with Crippen molar-refractivity contribution in [1.82, 2.24) is 10.2 Å². The molecule has 0 aromatic heterocycles. The van der Waals surface area contributed by atoms with Crippen molar-refractivity contribution in [1.29, 1.82) is 0 Å². The van der Waals surface area contributed by atoms with E-state index in [9.17, 15) is 14.4 Å².